The van der Waals surface area contributed by atoms with Crippen molar-refractivity contribution in [3.05, 3.63) is 35.4 Å². The number of alkyl carbamates (subject to hydrolysis) is 1. The molecular formula is C27H34N2O7. The molecule has 1 aromatic carbocycles. The molecule has 36 heavy (non-hydrogen) atoms. The predicted octanol–water partition coefficient (Wildman–Crippen LogP) is 1.61. The molecule has 0 spiro atoms. The van der Waals surface area contributed by atoms with Crippen LogP contribution in [0.25, 0.3) is 0 Å². The van der Waals surface area contributed by atoms with Crippen LogP contribution in [0, 0.1) is 35.5 Å². The molecule has 9 nitrogen and oxygen atoms in total. The highest BCUT2D eigenvalue weighted by Gasteiger charge is 2.40. The van der Waals surface area contributed by atoms with E-state index >= 15 is 0 Å². The molecule has 1 fully saturated rings. The number of methoxy groups -OCH3 is 1. The van der Waals surface area contributed by atoms with Crippen molar-refractivity contribution in [2.45, 2.75) is 64.3 Å². The minimum atomic E-state index is -1.22. The molecule has 1 aliphatic rings. The van der Waals surface area contributed by atoms with E-state index in [2.05, 4.69) is 34.3 Å². The Bertz CT molecular complexity index is 1080. The minimum absolute atomic E-state index is 0.0674. The number of benzene rings is 1. The smallest absolute Gasteiger partial charge is 0.408 e. The molecule has 4 atom stereocenters. The van der Waals surface area contributed by atoms with Gasteiger partial charge in [0.25, 0.3) is 5.91 Å². The lowest BCUT2D eigenvalue weighted by molar-refractivity contribution is -0.144. The maximum Gasteiger partial charge on any atom is 0.408 e. The van der Waals surface area contributed by atoms with Crippen molar-refractivity contribution in [1.29, 1.82) is 0 Å². The third-order valence-electron chi connectivity index (χ3n) is 5.65. The molecule has 194 valence electrons. The lowest BCUT2D eigenvalue weighted by Crippen LogP contribution is -2.62. The first-order valence-electron chi connectivity index (χ1n) is 11.6. The van der Waals surface area contributed by atoms with Gasteiger partial charge in [-0.05, 0) is 77.1 Å². The third-order valence-corrected chi connectivity index (χ3v) is 5.65. The second-order valence-electron chi connectivity index (χ2n) is 10.1. The van der Waals surface area contributed by atoms with Gasteiger partial charge in [0.15, 0.2) is 0 Å². The van der Waals surface area contributed by atoms with Gasteiger partial charge >= 0.3 is 12.1 Å². The molecule has 0 aliphatic heterocycles. The molecule has 1 aliphatic carbocycles. The quantitative estimate of drug-likeness (QED) is 0.346. The predicted molar refractivity (Wildman–Crippen MR) is 133 cm³/mol. The fourth-order valence-electron chi connectivity index (χ4n) is 3.54. The van der Waals surface area contributed by atoms with Crippen LogP contribution in [0.4, 0.5) is 4.79 Å². The van der Waals surface area contributed by atoms with Crippen LogP contribution in [0.1, 0.15) is 57.0 Å². The minimum Gasteiger partial charge on any atom is -0.467 e. The van der Waals surface area contributed by atoms with Crippen molar-refractivity contribution in [2.75, 3.05) is 13.7 Å². The third kappa shape index (κ3) is 8.01. The van der Waals surface area contributed by atoms with Crippen molar-refractivity contribution in [1.82, 2.24) is 10.6 Å². The molecule has 2 amide bonds. The summed E-state index contributed by atoms with van der Waals surface area (Å²) in [4.78, 5) is 37.5. The SMILES string of the molecule is COC(=O)[C@@H](NC(=O)c1ccc(C#CC#CC2CC(O)[C@H]2CO)cc1)C(C)(C)NC(=O)OC(C)(C)C. The van der Waals surface area contributed by atoms with E-state index in [1.54, 1.807) is 58.9 Å². The van der Waals surface area contributed by atoms with E-state index in [0.29, 0.717) is 12.0 Å². The van der Waals surface area contributed by atoms with Crippen molar-refractivity contribution in [3.63, 3.8) is 0 Å². The van der Waals surface area contributed by atoms with Gasteiger partial charge in [0, 0.05) is 29.6 Å². The van der Waals surface area contributed by atoms with E-state index in [1.807, 2.05) is 0 Å². The van der Waals surface area contributed by atoms with E-state index in [9.17, 15) is 24.6 Å². The molecule has 9 heteroatoms. The van der Waals surface area contributed by atoms with Crippen LogP contribution in [-0.2, 0) is 14.3 Å². The fraction of sp³-hybridized carbons (Fsp3) is 0.519. The summed E-state index contributed by atoms with van der Waals surface area (Å²) in [5.74, 6) is 9.72. The molecule has 1 aromatic rings. The number of ether oxygens (including phenoxy) is 2. The van der Waals surface area contributed by atoms with E-state index in [0.717, 1.165) is 0 Å². The molecule has 0 radical (unpaired) electrons. The van der Waals surface area contributed by atoms with Gasteiger partial charge < -0.3 is 30.3 Å². The molecule has 2 rings (SSSR count). The Morgan fingerprint density at radius 3 is 2.28 bits per heavy atom. The lowest BCUT2D eigenvalue weighted by Gasteiger charge is -2.37. The zero-order valence-electron chi connectivity index (χ0n) is 21.5. The second-order valence-corrected chi connectivity index (χ2v) is 10.1. The highest BCUT2D eigenvalue weighted by molar-refractivity contribution is 5.97. The van der Waals surface area contributed by atoms with E-state index < -0.39 is 41.3 Å². The van der Waals surface area contributed by atoms with Gasteiger partial charge in [-0.15, -0.1) is 0 Å². The van der Waals surface area contributed by atoms with Gasteiger partial charge in [-0.3, -0.25) is 4.79 Å². The van der Waals surface area contributed by atoms with Crippen molar-refractivity contribution < 1.29 is 34.1 Å². The van der Waals surface area contributed by atoms with Gasteiger partial charge in [-0.2, -0.15) is 0 Å². The summed E-state index contributed by atoms with van der Waals surface area (Å²) in [5.41, 5.74) is -1.05. The van der Waals surface area contributed by atoms with Gasteiger partial charge in [0.1, 0.15) is 11.6 Å². The second kappa shape index (κ2) is 11.9. The number of hydrogen-bond acceptors (Lipinski definition) is 7. The Balaban J connectivity index is 2.06. The van der Waals surface area contributed by atoms with Crippen LogP contribution in [0.5, 0.6) is 0 Å². The number of nitrogens with one attached hydrogen (secondary N) is 2. The van der Waals surface area contributed by atoms with Crippen LogP contribution < -0.4 is 10.6 Å². The number of aliphatic hydroxyl groups is 2. The number of amides is 2. The van der Waals surface area contributed by atoms with Gasteiger partial charge in [-0.25, -0.2) is 9.59 Å². The summed E-state index contributed by atoms with van der Waals surface area (Å²) in [6, 6.07) is 5.21. The topological polar surface area (TPSA) is 134 Å². The average molecular weight is 499 g/mol. The zero-order chi connectivity index (χ0) is 27.1. The normalized spacial score (nSPS) is 19.7. The van der Waals surface area contributed by atoms with Crippen molar-refractivity contribution in [3.8, 4) is 23.7 Å². The van der Waals surface area contributed by atoms with Gasteiger partial charge in [0.2, 0.25) is 0 Å². The molecular weight excluding hydrogens is 464 g/mol. The van der Waals surface area contributed by atoms with Crippen LogP contribution in [-0.4, -0.2) is 65.2 Å². The Labute approximate surface area is 211 Å². The van der Waals surface area contributed by atoms with Crippen molar-refractivity contribution >= 4 is 18.0 Å². The van der Waals surface area contributed by atoms with Gasteiger partial charge in [0.05, 0.1) is 18.8 Å². The average Bonchev–Trinajstić information content (AvgIpc) is 2.77. The molecule has 4 N–H and O–H groups in total. The van der Waals surface area contributed by atoms with E-state index in [-0.39, 0.29) is 24.0 Å². The molecule has 2 unspecified atom stereocenters. The molecule has 0 heterocycles. The summed E-state index contributed by atoms with van der Waals surface area (Å²) in [5, 5.41) is 24.0. The number of rotatable bonds is 6. The fourth-order valence-corrected chi connectivity index (χ4v) is 3.54. The maximum atomic E-state index is 12.8. The summed E-state index contributed by atoms with van der Waals surface area (Å²) in [6.45, 7) is 8.18. The maximum absolute atomic E-state index is 12.8. The highest BCUT2D eigenvalue weighted by atomic mass is 16.6. The Hall–Kier alpha value is -3.53. The zero-order valence-corrected chi connectivity index (χ0v) is 21.5. The largest absolute Gasteiger partial charge is 0.467 e. The molecule has 0 saturated heterocycles. The molecule has 1 saturated carbocycles. The summed E-state index contributed by atoms with van der Waals surface area (Å²) in [7, 11) is 1.19. The van der Waals surface area contributed by atoms with Crippen LogP contribution in [0.3, 0.4) is 0 Å². The summed E-state index contributed by atoms with van der Waals surface area (Å²) < 4.78 is 10.1. The Morgan fingerprint density at radius 1 is 1.11 bits per heavy atom. The molecule has 0 aromatic heterocycles. The molecule has 0 bridgehead atoms. The lowest BCUT2D eigenvalue weighted by atomic mass is 9.72. The number of hydrogen-bond donors (Lipinski definition) is 4. The Morgan fingerprint density at radius 2 is 1.75 bits per heavy atom. The number of carbonyl (C=O) groups is 3. The number of aliphatic hydroxyl groups excluding tert-OH is 2. The highest BCUT2D eigenvalue weighted by Crippen LogP contribution is 2.33. The van der Waals surface area contributed by atoms with E-state index in [1.165, 1.54) is 7.11 Å². The van der Waals surface area contributed by atoms with Crippen molar-refractivity contribution in [2.24, 2.45) is 11.8 Å². The van der Waals surface area contributed by atoms with Crippen LogP contribution in [0.2, 0.25) is 0 Å². The first-order valence-corrected chi connectivity index (χ1v) is 11.6. The van der Waals surface area contributed by atoms with Crippen LogP contribution in [0.15, 0.2) is 24.3 Å². The first-order chi connectivity index (χ1) is 16.8. The Kier molecular flexibility index (Phi) is 9.52. The summed E-state index contributed by atoms with van der Waals surface area (Å²) >= 11 is 0. The number of esters is 1. The summed E-state index contributed by atoms with van der Waals surface area (Å²) in [6.07, 6.45) is -0.721. The van der Waals surface area contributed by atoms with Crippen LogP contribution >= 0.6 is 0 Å². The number of carbonyl (C=O) groups excluding carboxylic acids is 3. The van der Waals surface area contributed by atoms with E-state index in [4.69, 9.17) is 9.47 Å². The first kappa shape index (κ1) is 28.7. The van der Waals surface area contributed by atoms with Gasteiger partial charge in [-0.1, -0.05) is 11.8 Å². The monoisotopic (exact) mass is 498 g/mol. The standard InChI is InChI=1S/C27H34N2O7/c1-26(2,3)36-25(34)29-27(4,5)22(24(33)35-6)28-23(32)18-13-11-17(12-14-18)9-7-8-10-19-15-21(31)20(19)16-30/h11-14,19-22,30-31H,15-16H2,1-6H3,(H,28,32)(H,29,34)/t19?,20-,21?,22+/m0/s1.